The molecule has 4 aromatic rings. The molecule has 0 atom stereocenters. The highest BCUT2D eigenvalue weighted by Gasteiger charge is 2.13. The molecule has 0 aliphatic carbocycles. The normalized spacial score (nSPS) is 10.9. The van der Waals surface area contributed by atoms with Crippen LogP contribution in [0.5, 0.6) is 5.88 Å². The van der Waals surface area contributed by atoms with Gasteiger partial charge in [-0.05, 0) is 31.2 Å². The minimum Gasteiger partial charge on any atom is -0.481 e. The van der Waals surface area contributed by atoms with Crippen LogP contribution in [0.1, 0.15) is 5.69 Å². The summed E-state index contributed by atoms with van der Waals surface area (Å²) in [4.78, 5) is 17.8. The molecule has 0 spiro atoms. The molecule has 0 saturated carbocycles. The van der Waals surface area contributed by atoms with E-state index < -0.39 is 0 Å². The molecule has 128 valence electrons. The first-order chi connectivity index (χ1) is 12.7. The van der Waals surface area contributed by atoms with Crippen LogP contribution in [0, 0.1) is 12.7 Å². The van der Waals surface area contributed by atoms with Crippen molar-refractivity contribution in [1.82, 2.24) is 19.9 Å². The van der Waals surface area contributed by atoms with Crippen LogP contribution >= 0.6 is 0 Å². The van der Waals surface area contributed by atoms with E-state index in [4.69, 9.17) is 9.72 Å². The van der Waals surface area contributed by atoms with Crippen LogP contribution in [0.3, 0.4) is 0 Å². The van der Waals surface area contributed by atoms with Crippen molar-refractivity contribution in [3.63, 3.8) is 0 Å². The van der Waals surface area contributed by atoms with Crippen LogP contribution in [0.2, 0.25) is 0 Å². The molecule has 0 amide bonds. The molecular formula is C20H15FN4O. The van der Waals surface area contributed by atoms with Gasteiger partial charge in [0.2, 0.25) is 5.88 Å². The Kier molecular flexibility index (Phi) is 4.01. The molecule has 0 fully saturated rings. The highest BCUT2D eigenvalue weighted by atomic mass is 19.1. The van der Waals surface area contributed by atoms with E-state index in [1.54, 1.807) is 32.4 Å². The maximum Gasteiger partial charge on any atom is 0.212 e. The molecular weight excluding hydrogens is 331 g/mol. The molecule has 0 N–H and O–H groups in total. The number of aryl methyl sites for hydroxylation is 1. The zero-order valence-corrected chi connectivity index (χ0v) is 14.3. The third-order valence-electron chi connectivity index (χ3n) is 4.07. The SMILES string of the molecule is COc1ccc(-c2nc(-c3ccc(F)c(C)n3)nc3ccccc23)cn1. The smallest absolute Gasteiger partial charge is 0.212 e. The molecule has 26 heavy (non-hydrogen) atoms. The van der Waals surface area contributed by atoms with Crippen LogP contribution in [-0.2, 0) is 0 Å². The number of methoxy groups -OCH3 is 1. The number of nitrogens with zero attached hydrogens (tertiary/aromatic N) is 4. The monoisotopic (exact) mass is 346 g/mol. The van der Waals surface area contributed by atoms with E-state index in [2.05, 4.69) is 15.0 Å². The predicted octanol–water partition coefficient (Wildman–Crippen LogP) is 4.21. The Morgan fingerprint density at radius 2 is 1.77 bits per heavy atom. The molecule has 3 heterocycles. The second-order valence-electron chi connectivity index (χ2n) is 5.77. The number of halogens is 1. The number of hydrogen-bond donors (Lipinski definition) is 0. The van der Waals surface area contributed by atoms with Crippen molar-refractivity contribution >= 4 is 10.9 Å². The number of ether oxygens (including phenoxy) is 1. The van der Waals surface area contributed by atoms with Crippen molar-refractivity contribution in [3.8, 4) is 28.7 Å². The Morgan fingerprint density at radius 1 is 0.923 bits per heavy atom. The molecule has 0 saturated heterocycles. The lowest BCUT2D eigenvalue weighted by atomic mass is 10.1. The van der Waals surface area contributed by atoms with Crippen molar-refractivity contribution < 1.29 is 9.13 Å². The molecule has 0 aliphatic rings. The summed E-state index contributed by atoms with van der Waals surface area (Å²) >= 11 is 0. The first kappa shape index (κ1) is 16.1. The van der Waals surface area contributed by atoms with Gasteiger partial charge in [0.05, 0.1) is 24.0 Å². The molecule has 0 bridgehead atoms. The quantitative estimate of drug-likeness (QED) is 0.556. The summed E-state index contributed by atoms with van der Waals surface area (Å²) in [5, 5.41) is 0.905. The van der Waals surface area contributed by atoms with E-state index in [1.165, 1.54) is 6.07 Å². The lowest BCUT2D eigenvalue weighted by Gasteiger charge is -2.09. The molecule has 0 radical (unpaired) electrons. The zero-order chi connectivity index (χ0) is 18.1. The largest absolute Gasteiger partial charge is 0.481 e. The summed E-state index contributed by atoms with van der Waals surface area (Å²) in [5.41, 5.74) is 3.20. The van der Waals surface area contributed by atoms with E-state index >= 15 is 0 Å². The molecule has 3 aromatic heterocycles. The highest BCUT2D eigenvalue weighted by Crippen LogP contribution is 2.29. The molecule has 4 rings (SSSR count). The maximum atomic E-state index is 13.6. The van der Waals surface area contributed by atoms with Crippen molar-refractivity contribution in [3.05, 3.63) is 66.2 Å². The standard InChI is InChI=1S/C20H15FN4O/c1-12-15(21)8-9-17(23-12)20-24-16-6-4-3-5-14(16)19(25-20)13-7-10-18(26-2)22-11-13/h3-11H,1-2H3. The Morgan fingerprint density at radius 3 is 2.50 bits per heavy atom. The van der Waals surface area contributed by atoms with E-state index in [0.29, 0.717) is 23.1 Å². The van der Waals surface area contributed by atoms with E-state index in [-0.39, 0.29) is 5.82 Å². The van der Waals surface area contributed by atoms with Gasteiger partial charge in [-0.2, -0.15) is 0 Å². The number of pyridine rings is 2. The van der Waals surface area contributed by atoms with E-state index in [1.807, 2.05) is 30.3 Å². The molecule has 1 aromatic carbocycles. The Balaban J connectivity index is 1.94. The number of benzene rings is 1. The number of para-hydroxylation sites is 1. The van der Waals surface area contributed by atoms with Crippen LogP contribution < -0.4 is 4.74 Å². The van der Waals surface area contributed by atoms with Gasteiger partial charge in [0, 0.05) is 23.2 Å². The summed E-state index contributed by atoms with van der Waals surface area (Å²) in [7, 11) is 1.57. The van der Waals surface area contributed by atoms with Crippen LogP contribution in [0.25, 0.3) is 33.7 Å². The first-order valence-corrected chi connectivity index (χ1v) is 8.06. The summed E-state index contributed by atoms with van der Waals surface area (Å²) in [6, 6.07) is 14.4. The maximum absolute atomic E-state index is 13.6. The molecule has 6 heteroatoms. The predicted molar refractivity (Wildman–Crippen MR) is 97.2 cm³/mol. The number of fused-ring (bicyclic) bond motifs is 1. The third kappa shape index (κ3) is 2.86. The summed E-state index contributed by atoms with van der Waals surface area (Å²) < 4.78 is 18.7. The van der Waals surface area contributed by atoms with Gasteiger partial charge in [-0.15, -0.1) is 0 Å². The Bertz CT molecular complexity index is 1100. The fourth-order valence-corrected chi connectivity index (χ4v) is 2.72. The molecule has 0 unspecified atom stereocenters. The molecule has 5 nitrogen and oxygen atoms in total. The lowest BCUT2D eigenvalue weighted by Crippen LogP contribution is -1.99. The van der Waals surface area contributed by atoms with Gasteiger partial charge < -0.3 is 4.74 Å². The minimum atomic E-state index is -0.353. The van der Waals surface area contributed by atoms with Crippen molar-refractivity contribution in [2.75, 3.05) is 7.11 Å². The second-order valence-corrected chi connectivity index (χ2v) is 5.77. The number of aromatic nitrogens is 4. The summed E-state index contributed by atoms with van der Waals surface area (Å²) in [6.45, 7) is 1.62. The fraction of sp³-hybridized carbons (Fsp3) is 0.100. The van der Waals surface area contributed by atoms with Gasteiger partial charge in [0.15, 0.2) is 5.82 Å². The number of hydrogen-bond acceptors (Lipinski definition) is 5. The van der Waals surface area contributed by atoms with Crippen molar-refractivity contribution in [1.29, 1.82) is 0 Å². The van der Waals surface area contributed by atoms with Crippen molar-refractivity contribution in [2.45, 2.75) is 6.92 Å². The minimum absolute atomic E-state index is 0.312. The van der Waals surface area contributed by atoms with Gasteiger partial charge in [-0.1, -0.05) is 18.2 Å². The molecule has 0 aliphatic heterocycles. The summed E-state index contributed by atoms with van der Waals surface area (Å²) in [5.74, 6) is 0.620. The van der Waals surface area contributed by atoms with Crippen LogP contribution in [0.15, 0.2) is 54.7 Å². The Hall–Kier alpha value is -3.41. The first-order valence-electron chi connectivity index (χ1n) is 8.06. The van der Waals surface area contributed by atoms with Gasteiger partial charge in [0.1, 0.15) is 11.5 Å². The number of rotatable bonds is 3. The van der Waals surface area contributed by atoms with Gasteiger partial charge in [0.25, 0.3) is 0 Å². The average molecular weight is 346 g/mol. The van der Waals surface area contributed by atoms with Crippen molar-refractivity contribution in [2.24, 2.45) is 0 Å². The highest BCUT2D eigenvalue weighted by molar-refractivity contribution is 5.93. The van der Waals surface area contributed by atoms with E-state index in [9.17, 15) is 4.39 Å². The summed E-state index contributed by atoms with van der Waals surface area (Å²) in [6.07, 6.45) is 1.71. The van der Waals surface area contributed by atoms with Crippen LogP contribution in [0.4, 0.5) is 4.39 Å². The van der Waals surface area contributed by atoms with E-state index in [0.717, 1.165) is 22.2 Å². The second kappa shape index (κ2) is 6.48. The van der Waals surface area contributed by atoms with Gasteiger partial charge in [-0.3, -0.25) is 0 Å². The van der Waals surface area contributed by atoms with Gasteiger partial charge in [-0.25, -0.2) is 24.3 Å². The van der Waals surface area contributed by atoms with Gasteiger partial charge >= 0.3 is 0 Å². The van der Waals surface area contributed by atoms with Crippen LogP contribution in [-0.4, -0.2) is 27.0 Å². The zero-order valence-electron chi connectivity index (χ0n) is 14.3. The topological polar surface area (TPSA) is 60.8 Å². The fourth-order valence-electron chi connectivity index (χ4n) is 2.72. The Labute approximate surface area is 149 Å². The third-order valence-corrected chi connectivity index (χ3v) is 4.07. The average Bonchev–Trinajstić information content (AvgIpc) is 2.69. The lowest BCUT2D eigenvalue weighted by molar-refractivity contribution is 0.398.